The highest BCUT2D eigenvalue weighted by Gasteiger charge is 2.60. The lowest BCUT2D eigenvalue weighted by Gasteiger charge is -2.60. The highest BCUT2D eigenvalue weighted by molar-refractivity contribution is 7.07. The van der Waals surface area contributed by atoms with Gasteiger partial charge in [-0.05, 0) is 73.7 Å². The van der Waals surface area contributed by atoms with Gasteiger partial charge in [-0.3, -0.25) is 9.59 Å². The van der Waals surface area contributed by atoms with E-state index in [1.165, 1.54) is 32.1 Å². The number of amides is 2. The molecule has 3 fully saturated rings. The van der Waals surface area contributed by atoms with Crippen molar-refractivity contribution >= 4 is 23.2 Å². The summed E-state index contributed by atoms with van der Waals surface area (Å²) in [4.78, 5) is 31.2. The van der Waals surface area contributed by atoms with Gasteiger partial charge in [0.25, 0.3) is 0 Å². The van der Waals surface area contributed by atoms with E-state index in [2.05, 4.69) is 30.2 Å². The Morgan fingerprint density at radius 1 is 1.23 bits per heavy atom. The summed E-state index contributed by atoms with van der Waals surface area (Å²) in [7, 11) is 1.98. The Morgan fingerprint density at radius 2 is 2.06 bits per heavy atom. The highest BCUT2D eigenvalue weighted by Crippen LogP contribution is 2.65. The summed E-state index contributed by atoms with van der Waals surface area (Å²) in [5.41, 5.74) is 3.12. The molecule has 2 heterocycles. The van der Waals surface area contributed by atoms with E-state index in [-0.39, 0.29) is 22.6 Å². The fourth-order valence-corrected chi connectivity index (χ4v) is 8.55. The maximum absolute atomic E-state index is 12.7. The van der Waals surface area contributed by atoms with Crippen LogP contribution in [-0.2, 0) is 16.1 Å². The first kappa shape index (κ1) is 21.2. The molecule has 3 aliphatic carbocycles. The van der Waals surface area contributed by atoms with Gasteiger partial charge in [-0.1, -0.05) is 19.9 Å². The van der Waals surface area contributed by atoms with Crippen molar-refractivity contribution in [3.8, 4) is 0 Å². The van der Waals surface area contributed by atoms with Crippen LogP contribution in [0.3, 0.4) is 0 Å². The minimum atomic E-state index is 0.0932. The zero-order valence-electron chi connectivity index (χ0n) is 19.0. The van der Waals surface area contributed by atoms with Gasteiger partial charge in [0.15, 0.2) is 0 Å². The normalized spacial score (nSPS) is 41.5. The topological polar surface area (TPSA) is 62.3 Å². The summed E-state index contributed by atoms with van der Waals surface area (Å²) in [6.45, 7) is 5.41. The first-order valence-corrected chi connectivity index (χ1v) is 12.9. The van der Waals surface area contributed by atoms with Crippen molar-refractivity contribution in [1.82, 2.24) is 15.2 Å². The average molecular weight is 442 g/mol. The first-order chi connectivity index (χ1) is 14.8. The fourth-order valence-electron chi connectivity index (χ4n) is 7.99. The summed E-state index contributed by atoms with van der Waals surface area (Å²) in [5, 5.41) is 5.09. The summed E-state index contributed by atoms with van der Waals surface area (Å²) in [5.74, 6) is 2.88. The van der Waals surface area contributed by atoms with Gasteiger partial charge < -0.3 is 10.2 Å². The van der Waals surface area contributed by atoms with Crippen molar-refractivity contribution < 1.29 is 9.59 Å². The van der Waals surface area contributed by atoms with Crippen molar-refractivity contribution in [2.75, 3.05) is 7.05 Å². The van der Waals surface area contributed by atoms with Crippen LogP contribution in [0.1, 0.15) is 64.5 Å². The number of hydrogen-bond donors (Lipinski definition) is 1. The van der Waals surface area contributed by atoms with E-state index in [1.807, 2.05) is 28.9 Å². The number of rotatable bonds is 4. The van der Waals surface area contributed by atoms with E-state index in [1.54, 1.807) is 11.3 Å². The summed E-state index contributed by atoms with van der Waals surface area (Å²) in [6, 6.07) is 0.337. The highest BCUT2D eigenvalue weighted by atomic mass is 32.1. The van der Waals surface area contributed by atoms with E-state index in [0.29, 0.717) is 42.7 Å². The Hall–Kier alpha value is -1.69. The Morgan fingerprint density at radius 3 is 2.84 bits per heavy atom. The second-order valence-electron chi connectivity index (χ2n) is 10.9. The zero-order chi connectivity index (χ0) is 21.8. The maximum Gasteiger partial charge on any atom is 0.246 e. The predicted molar refractivity (Wildman–Crippen MR) is 122 cm³/mol. The van der Waals surface area contributed by atoms with Crippen LogP contribution < -0.4 is 5.32 Å². The lowest BCUT2D eigenvalue weighted by atomic mass is 9.47. The van der Waals surface area contributed by atoms with E-state index >= 15 is 0 Å². The van der Waals surface area contributed by atoms with Gasteiger partial charge in [-0.2, -0.15) is 0 Å². The minimum absolute atomic E-state index is 0.0932. The third-order valence-electron chi connectivity index (χ3n) is 9.71. The van der Waals surface area contributed by atoms with Crippen molar-refractivity contribution in [3.05, 3.63) is 28.7 Å². The summed E-state index contributed by atoms with van der Waals surface area (Å²) < 4.78 is 0. The van der Waals surface area contributed by atoms with Gasteiger partial charge in [0.1, 0.15) is 0 Å². The number of aromatic nitrogens is 1. The zero-order valence-corrected chi connectivity index (χ0v) is 19.8. The van der Waals surface area contributed by atoms with Crippen LogP contribution in [0, 0.1) is 34.5 Å². The third kappa shape index (κ3) is 3.37. The third-order valence-corrected chi connectivity index (χ3v) is 10.3. The minimum Gasteiger partial charge on any atom is -0.350 e. The van der Waals surface area contributed by atoms with Crippen LogP contribution in [0.5, 0.6) is 0 Å². The maximum atomic E-state index is 12.7. The summed E-state index contributed by atoms with van der Waals surface area (Å²) >= 11 is 1.57. The molecule has 0 unspecified atom stereocenters. The van der Waals surface area contributed by atoms with Gasteiger partial charge in [-0.25, -0.2) is 4.98 Å². The molecule has 3 saturated carbocycles. The number of carbonyl (C=O) groups excluding carboxylic acids is 2. The second kappa shape index (κ2) is 7.72. The number of likely N-dealkylation sites (N-methyl/N-ethyl adjacent to an activating group) is 1. The van der Waals surface area contributed by atoms with Crippen molar-refractivity contribution in [2.45, 2.75) is 71.4 Å². The molecule has 1 N–H and O–H groups in total. The fraction of sp³-hybridized carbons (Fsp3) is 0.720. The standard InChI is InChI=1S/C25H35N3O2S/c1-24-10-8-20-18(5-7-21-25(20,2)11-9-23(30)28(21)3)19(24)6-4-16(24)12-22(29)26-13-17-14-31-15-27-17/h9,11,14-16,18-21H,4-8,10,12-13H2,1-3H3,(H,26,29)/t16-,18+,19+,20+,21-,24-,25-/m1/s1. The van der Waals surface area contributed by atoms with Crippen LogP contribution in [-0.4, -0.2) is 34.8 Å². The molecule has 1 aliphatic heterocycles. The molecule has 0 spiro atoms. The number of fused-ring (bicyclic) bond motifs is 5. The molecule has 5 nitrogen and oxygen atoms in total. The van der Waals surface area contributed by atoms with Crippen molar-refractivity contribution in [3.63, 3.8) is 0 Å². The Bertz CT molecular complexity index is 883. The Balaban J connectivity index is 1.29. The van der Waals surface area contributed by atoms with Crippen molar-refractivity contribution in [2.24, 2.45) is 34.5 Å². The molecule has 0 bridgehead atoms. The molecule has 168 valence electrons. The molecular formula is C25H35N3O2S. The Labute approximate surface area is 189 Å². The quantitative estimate of drug-likeness (QED) is 0.753. The van der Waals surface area contributed by atoms with Crippen LogP contribution in [0.25, 0.3) is 0 Å². The molecule has 0 saturated heterocycles. The molecular weight excluding hydrogens is 406 g/mol. The van der Waals surface area contributed by atoms with Crippen LogP contribution in [0.2, 0.25) is 0 Å². The Kier molecular flexibility index (Phi) is 5.27. The molecule has 1 aromatic rings. The van der Waals surface area contributed by atoms with E-state index in [9.17, 15) is 9.59 Å². The molecule has 2 amide bonds. The number of thiazole rings is 1. The predicted octanol–water partition coefficient (Wildman–Crippen LogP) is 4.41. The second-order valence-corrected chi connectivity index (χ2v) is 11.6. The molecule has 4 aliphatic rings. The molecule has 31 heavy (non-hydrogen) atoms. The van der Waals surface area contributed by atoms with Gasteiger partial charge in [-0.15, -0.1) is 11.3 Å². The number of carbonyl (C=O) groups is 2. The molecule has 0 radical (unpaired) electrons. The average Bonchev–Trinajstić information content (AvgIpc) is 3.38. The van der Waals surface area contributed by atoms with Crippen LogP contribution in [0.4, 0.5) is 0 Å². The monoisotopic (exact) mass is 441 g/mol. The van der Waals surface area contributed by atoms with E-state index < -0.39 is 0 Å². The molecule has 0 aromatic carbocycles. The van der Waals surface area contributed by atoms with Gasteiger partial charge >= 0.3 is 0 Å². The largest absolute Gasteiger partial charge is 0.350 e. The van der Waals surface area contributed by atoms with Crippen LogP contribution in [0.15, 0.2) is 23.0 Å². The van der Waals surface area contributed by atoms with E-state index in [0.717, 1.165) is 12.1 Å². The van der Waals surface area contributed by atoms with E-state index in [4.69, 9.17) is 0 Å². The molecule has 7 atom stereocenters. The number of nitrogens with one attached hydrogen (secondary N) is 1. The molecule has 1 aromatic heterocycles. The van der Waals surface area contributed by atoms with Gasteiger partial charge in [0, 0.05) is 30.3 Å². The summed E-state index contributed by atoms with van der Waals surface area (Å²) in [6.07, 6.45) is 11.9. The number of nitrogens with zero attached hydrogens (tertiary/aromatic N) is 2. The smallest absolute Gasteiger partial charge is 0.246 e. The molecule has 6 heteroatoms. The lowest BCUT2D eigenvalue weighted by Crippen LogP contribution is -2.59. The van der Waals surface area contributed by atoms with Crippen LogP contribution >= 0.6 is 11.3 Å². The van der Waals surface area contributed by atoms with Crippen molar-refractivity contribution in [1.29, 1.82) is 0 Å². The van der Waals surface area contributed by atoms with Gasteiger partial charge in [0.05, 0.1) is 17.7 Å². The number of hydrogen-bond acceptors (Lipinski definition) is 4. The first-order valence-electron chi connectivity index (χ1n) is 11.9. The van der Waals surface area contributed by atoms with Gasteiger partial charge in [0.2, 0.25) is 11.8 Å². The molecule has 5 rings (SSSR count). The lowest BCUT2D eigenvalue weighted by molar-refractivity contribution is -0.139. The SMILES string of the molecule is CN1C(=O)C=C[C@]2(C)[C@H]3CC[C@]4(C)[C@@H](CC(=O)NCc5cscn5)CC[C@H]4[C@@H]3CC[C@@H]12.